The molecule has 0 aliphatic carbocycles. The van der Waals surface area contributed by atoms with Gasteiger partial charge in [0, 0.05) is 5.56 Å². The second-order valence-corrected chi connectivity index (χ2v) is 3.02. The van der Waals surface area contributed by atoms with Crippen molar-refractivity contribution in [2.45, 2.75) is 0 Å². The third kappa shape index (κ3) is 1.95. The first-order valence-electron chi connectivity index (χ1n) is 4.39. The van der Waals surface area contributed by atoms with Crippen molar-refractivity contribution in [1.82, 2.24) is 15.2 Å². The lowest BCUT2D eigenvalue weighted by molar-refractivity contribution is 0.0682. The monoisotopic (exact) mass is 217 g/mol. The average Bonchev–Trinajstić information content (AvgIpc) is 2.30. The molecule has 2 N–H and O–H groups in total. The number of aromatic carboxylic acids is 1. The number of phenolic OH excluding ortho intramolecular Hbond substituents is 1. The second-order valence-electron chi connectivity index (χ2n) is 3.02. The molecule has 0 radical (unpaired) electrons. The van der Waals surface area contributed by atoms with Gasteiger partial charge in [0.15, 0.2) is 0 Å². The fourth-order valence-corrected chi connectivity index (χ4v) is 1.17. The molecule has 2 aromatic rings. The minimum absolute atomic E-state index is 0.129. The highest BCUT2D eigenvalue weighted by Gasteiger charge is 2.09. The van der Waals surface area contributed by atoms with E-state index in [9.17, 15) is 4.79 Å². The zero-order valence-corrected chi connectivity index (χ0v) is 8.03. The van der Waals surface area contributed by atoms with E-state index < -0.39 is 5.97 Å². The van der Waals surface area contributed by atoms with E-state index in [0.717, 1.165) is 0 Å². The summed E-state index contributed by atoms with van der Waals surface area (Å²) >= 11 is 0. The van der Waals surface area contributed by atoms with Crippen LogP contribution in [0.15, 0.2) is 30.5 Å². The van der Waals surface area contributed by atoms with E-state index in [1.165, 1.54) is 18.3 Å². The number of aromatic nitrogens is 3. The van der Waals surface area contributed by atoms with Crippen LogP contribution in [0.3, 0.4) is 0 Å². The van der Waals surface area contributed by atoms with Crippen molar-refractivity contribution in [1.29, 1.82) is 0 Å². The second kappa shape index (κ2) is 3.93. The van der Waals surface area contributed by atoms with Crippen molar-refractivity contribution in [3.05, 3.63) is 36.3 Å². The predicted molar refractivity (Wildman–Crippen MR) is 53.9 cm³/mol. The quantitative estimate of drug-likeness (QED) is 0.777. The SMILES string of the molecule is O=C(O)c1nncc(-c2ccc(O)cc2)n1. The van der Waals surface area contributed by atoms with Gasteiger partial charge in [-0.25, -0.2) is 9.78 Å². The third-order valence-corrected chi connectivity index (χ3v) is 1.91. The highest BCUT2D eigenvalue weighted by atomic mass is 16.4. The van der Waals surface area contributed by atoms with Crippen molar-refractivity contribution in [2.24, 2.45) is 0 Å². The molecule has 80 valence electrons. The number of carboxylic acid groups (broad SMARTS) is 1. The number of nitrogens with zero attached hydrogens (tertiary/aromatic N) is 3. The van der Waals surface area contributed by atoms with E-state index >= 15 is 0 Å². The van der Waals surface area contributed by atoms with Crippen LogP contribution < -0.4 is 0 Å². The number of benzene rings is 1. The summed E-state index contributed by atoms with van der Waals surface area (Å²) < 4.78 is 0. The van der Waals surface area contributed by atoms with E-state index in [4.69, 9.17) is 10.2 Å². The number of aromatic hydroxyl groups is 1. The van der Waals surface area contributed by atoms with Gasteiger partial charge in [0.1, 0.15) is 5.75 Å². The molecule has 6 heteroatoms. The largest absolute Gasteiger partial charge is 0.508 e. The topological polar surface area (TPSA) is 96.2 Å². The Morgan fingerprint density at radius 1 is 1.19 bits per heavy atom. The van der Waals surface area contributed by atoms with Crippen molar-refractivity contribution >= 4 is 5.97 Å². The summed E-state index contributed by atoms with van der Waals surface area (Å²) in [5.41, 5.74) is 1.06. The van der Waals surface area contributed by atoms with Crippen LogP contribution in [-0.2, 0) is 0 Å². The molecule has 0 atom stereocenters. The fraction of sp³-hybridized carbons (Fsp3) is 0. The minimum atomic E-state index is -1.23. The molecule has 0 fully saturated rings. The lowest BCUT2D eigenvalue weighted by Gasteiger charge is -2.00. The summed E-state index contributed by atoms with van der Waals surface area (Å²) in [7, 11) is 0. The molecule has 0 saturated carbocycles. The molecule has 0 bridgehead atoms. The molecule has 1 aromatic heterocycles. The first kappa shape index (κ1) is 10.0. The first-order chi connectivity index (χ1) is 7.66. The summed E-state index contributed by atoms with van der Waals surface area (Å²) in [5.74, 6) is -1.46. The Labute approximate surface area is 90.2 Å². The summed E-state index contributed by atoms with van der Waals surface area (Å²) in [6.07, 6.45) is 1.36. The van der Waals surface area contributed by atoms with Crippen molar-refractivity contribution in [3.8, 4) is 17.0 Å². The van der Waals surface area contributed by atoms with E-state index in [1.54, 1.807) is 12.1 Å². The fourth-order valence-electron chi connectivity index (χ4n) is 1.17. The summed E-state index contributed by atoms with van der Waals surface area (Å²) in [6, 6.07) is 6.20. The zero-order chi connectivity index (χ0) is 11.5. The summed E-state index contributed by atoms with van der Waals surface area (Å²) in [4.78, 5) is 14.5. The smallest absolute Gasteiger partial charge is 0.375 e. The van der Waals surface area contributed by atoms with Crippen molar-refractivity contribution in [2.75, 3.05) is 0 Å². The number of carbonyl (C=O) groups is 1. The van der Waals surface area contributed by atoms with Crippen LogP contribution in [-0.4, -0.2) is 31.4 Å². The third-order valence-electron chi connectivity index (χ3n) is 1.91. The maximum atomic E-state index is 10.6. The van der Waals surface area contributed by atoms with Crippen LogP contribution in [0.1, 0.15) is 10.6 Å². The standard InChI is InChI=1S/C10H7N3O3/c14-7-3-1-6(2-4-7)8-5-11-13-9(12-8)10(15)16/h1-5,14H,(H,15,16). The maximum Gasteiger partial charge on any atom is 0.375 e. The molecule has 0 saturated heterocycles. The zero-order valence-electron chi connectivity index (χ0n) is 8.03. The summed E-state index contributed by atoms with van der Waals surface area (Å²) in [6.45, 7) is 0. The molecular formula is C10H7N3O3. The molecule has 0 aliphatic heterocycles. The van der Waals surface area contributed by atoms with Gasteiger partial charge in [0.25, 0.3) is 5.82 Å². The van der Waals surface area contributed by atoms with Gasteiger partial charge < -0.3 is 10.2 Å². The first-order valence-corrected chi connectivity index (χ1v) is 4.39. The Morgan fingerprint density at radius 3 is 2.50 bits per heavy atom. The molecule has 0 spiro atoms. The van der Waals surface area contributed by atoms with E-state index in [1.807, 2.05) is 0 Å². The van der Waals surface area contributed by atoms with Gasteiger partial charge in [0.05, 0.1) is 11.9 Å². The lowest BCUT2D eigenvalue weighted by atomic mass is 10.1. The number of rotatable bonds is 2. The van der Waals surface area contributed by atoms with Gasteiger partial charge in [-0.05, 0) is 24.3 Å². The Hall–Kier alpha value is -2.50. The van der Waals surface area contributed by atoms with E-state index in [0.29, 0.717) is 11.3 Å². The Morgan fingerprint density at radius 2 is 1.88 bits per heavy atom. The van der Waals surface area contributed by atoms with Crippen LogP contribution in [0.5, 0.6) is 5.75 Å². The summed E-state index contributed by atoms with van der Waals surface area (Å²) in [5, 5.41) is 24.7. The van der Waals surface area contributed by atoms with Gasteiger partial charge in [-0.2, -0.15) is 5.10 Å². The Bertz CT molecular complexity index is 525. The van der Waals surface area contributed by atoms with Gasteiger partial charge >= 0.3 is 5.97 Å². The van der Waals surface area contributed by atoms with Crippen LogP contribution in [0, 0.1) is 0 Å². The lowest BCUT2D eigenvalue weighted by Crippen LogP contribution is -2.06. The minimum Gasteiger partial charge on any atom is -0.508 e. The highest BCUT2D eigenvalue weighted by molar-refractivity contribution is 5.83. The number of hydrogen-bond donors (Lipinski definition) is 2. The van der Waals surface area contributed by atoms with Gasteiger partial charge in [-0.3, -0.25) is 0 Å². The van der Waals surface area contributed by atoms with Crippen molar-refractivity contribution < 1.29 is 15.0 Å². The van der Waals surface area contributed by atoms with Gasteiger partial charge in [-0.1, -0.05) is 0 Å². The highest BCUT2D eigenvalue weighted by Crippen LogP contribution is 2.18. The number of carboxylic acids is 1. The molecule has 1 aromatic carbocycles. The molecular weight excluding hydrogens is 210 g/mol. The normalized spacial score (nSPS) is 10.0. The van der Waals surface area contributed by atoms with E-state index in [2.05, 4.69) is 15.2 Å². The molecule has 0 unspecified atom stereocenters. The molecule has 0 aliphatic rings. The molecule has 2 rings (SSSR count). The predicted octanol–water partition coefficient (Wildman–Crippen LogP) is 0.942. The van der Waals surface area contributed by atoms with Crippen LogP contribution in [0.25, 0.3) is 11.3 Å². The van der Waals surface area contributed by atoms with E-state index in [-0.39, 0.29) is 11.6 Å². The number of phenols is 1. The van der Waals surface area contributed by atoms with Crippen LogP contribution in [0.2, 0.25) is 0 Å². The number of hydrogen-bond acceptors (Lipinski definition) is 5. The average molecular weight is 217 g/mol. The van der Waals surface area contributed by atoms with Crippen molar-refractivity contribution in [3.63, 3.8) is 0 Å². The van der Waals surface area contributed by atoms with Crippen LogP contribution >= 0.6 is 0 Å². The molecule has 1 heterocycles. The maximum absolute atomic E-state index is 10.6. The van der Waals surface area contributed by atoms with Gasteiger partial charge in [0.2, 0.25) is 0 Å². The Kier molecular flexibility index (Phi) is 2.47. The van der Waals surface area contributed by atoms with Crippen LogP contribution in [0.4, 0.5) is 0 Å². The molecule has 0 amide bonds. The Balaban J connectivity index is 2.44. The molecule has 6 nitrogen and oxygen atoms in total. The molecule has 16 heavy (non-hydrogen) atoms. The van der Waals surface area contributed by atoms with Gasteiger partial charge in [-0.15, -0.1) is 5.10 Å².